The van der Waals surface area contributed by atoms with Crippen LogP contribution in [0.1, 0.15) is 40.1 Å². The summed E-state index contributed by atoms with van der Waals surface area (Å²) in [6.07, 6.45) is 5.98. The molecule has 3 heterocycles. The molecule has 3 aromatic rings. The lowest BCUT2D eigenvalue weighted by Gasteiger charge is -2.31. The van der Waals surface area contributed by atoms with E-state index in [0.717, 1.165) is 36.4 Å². The quantitative estimate of drug-likeness (QED) is 0.226. The molecule has 13 heteroatoms. The summed E-state index contributed by atoms with van der Waals surface area (Å²) in [6.45, 7) is 2.11. The van der Waals surface area contributed by atoms with Crippen LogP contribution >= 0.6 is 11.3 Å². The third-order valence-corrected chi connectivity index (χ3v) is 9.28. The number of nitrogen functional groups attached to an aromatic ring is 1. The number of carbonyl (C=O) groups excluding carboxylic acids is 1. The summed E-state index contributed by atoms with van der Waals surface area (Å²) in [4.78, 5) is 20.8. The molecule has 204 valence electrons. The van der Waals surface area contributed by atoms with Gasteiger partial charge in [-0.15, -0.1) is 0 Å². The van der Waals surface area contributed by atoms with E-state index >= 15 is 0 Å². The van der Waals surface area contributed by atoms with E-state index in [2.05, 4.69) is 20.6 Å². The zero-order valence-corrected chi connectivity index (χ0v) is 22.3. The van der Waals surface area contributed by atoms with Crippen molar-refractivity contribution in [2.24, 2.45) is 0 Å². The van der Waals surface area contributed by atoms with Crippen molar-refractivity contribution in [2.45, 2.75) is 31.7 Å². The molecule has 0 unspecified atom stereocenters. The van der Waals surface area contributed by atoms with Crippen LogP contribution < -0.4 is 16.4 Å². The van der Waals surface area contributed by atoms with E-state index in [-0.39, 0.29) is 22.5 Å². The highest BCUT2D eigenvalue weighted by Gasteiger charge is 2.29. The third-order valence-electron chi connectivity index (χ3n) is 6.32. The predicted molar refractivity (Wildman–Crippen MR) is 144 cm³/mol. The number of nitrogens with zero attached hydrogens (tertiary/aromatic N) is 3. The van der Waals surface area contributed by atoms with Crippen LogP contribution in [0.2, 0.25) is 0 Å². The van der Waals surface area contributed by atoms with Gasteiger partial charge in [-0.2, -0.15) is 0 Å². The SMILES string of the molecule is Nc1nc(NC2CCN(S(=O)(=O)CCCNCCc3ccncc3)CC2)sc1C(=O)c1c(F)cccc1F. The molecule has 0 atom stereocenters. The maximum atomic E-state index is 14.0. The highest BCUT2D eigenvalue weighted by atomic mass is 32.2. The van der Waals surface area contributed by atoms with Crippen molar-refractivity contribution in [2.75, 3.05) is 43.0 Å². The van der Waals surface area contributed by atoms with E-state index in [1.165, 1.54) is 15.9 Å². The van der Waals surface area contributed by atoms with Gasteiger partial charge >= 0.3 is 0 Å². The number of halogens is 2. The van der Waals surface area contributed by atoms with Gasteiger partial charge < -0.3 is 16.4 Å². The summed E-state index contributed by atoms with van der Waals surface area (Å²) in [5.74, 6) is -2.83. The lowest BCUT2D eigenvalue weighted by Crippen LogP contribution is -2.43. The molecular weight excluding hydrogens is 534 g/mol. The summed E-state index contributed by atoms with van der Waals surface area (Å²) in [5.41, 5.74) is 6.38. The smallest absolute Gasteiger partial charge is 0.214 e. The van der Waals surface area contributed by atoms with Crippen molar-refractivity contribution in [1.29, 1.82) is 0 Å². The van der Waals surface area contributed by atoms with E-state index in [1.54, 1.807) is 12.4 Å². The van der Waals surface area contributed by atoms with Gasteiger partial charge in [0.1, 0.15) is 22.3 Å². The van der Waals surface area contributed by atoms with Gasteiger partial charge in [-0.05, 0) is 68.6 Å². The average molecular weight is 565 g/mol. The summed E-state index contributed by atoms with van der Waals surface area (Å²) in [7, 11) is -3.36. The first-order valence-corrected chi connectivity index (χ1v) is 14.8. The standard InChI is InChI=1S/C25H30F2N6O3S2/c26-19-3-1-4-20(27)21(19)22(34)23-24(28)32-25(37-23)31-18-8-14-33(15-9-18)38(35,36)16-2-10-29-11-5-17-6-12-30-13-7-17/h1,3-4,6-7,12-13,18,29H,2,5,8-11,14-16,28H2,(H,31,32). The van der Waals surface area contributed by atoms with Gasteiger partial charge in [0.2, 0.25) is 15.8 Å². The maximum Gasteiger partial charge on any atom is 0.214 e. The molecule has 9 nitrogen and oxygen atoms in total. The Hall–Kier alpha value is -3.00. The largest absolute Gasteiger partial charge is 0.382 e. The molecule has 4 rings (SSSR count). The molecule has 0 bridgehead atoms. The van der Waals surface area contributed by atoms with Gasteiger partial charge in [0.05, 0.1) is 11.3 Å². The zero-order chi connectivity index (χ0) is 27.1. The summed E-state index contributed by atoms with van der Waals surface area (Å²) >= 11 is 0.924. The second-order valence-electron chi connectivity index (χ2n) is 9.00. The average Bonchev–Trinajstić information content (AvgIpc) is 3.26. The van der Waals surface area contributed by atoms with Crippen molar-refractivity contribution in [3.8, 4) is 0 Å². The van der Waals surface area contributed by atoms with Crippen LogP contribution in [-0.2, 0) is 16.4 Å². The minimum absolute atomic E-state index is 0.0501. The van der Waals surface area contributed by atoms with E-state index in [4.69, 9.17) is 5.73 Å². The Morgan fingerprint density at radius 2 is 1.79 bits per heavy atom. The van der Waals surface area contributed by atoms with E-state index in [0.29, 0.717) is 44.0 Å². The predicted octanol–water partition coefficient (Wildman–Crippen LogP) is 3.06. The first-order chi connectivity index (χ1) is 18.2. The van der Waals surface area contributed by atoms with E-state index in [1.807, 2.05) is 12.1 Å². The Labute approximate surface area is 224 Å². The number of nitrogens with two attached hydrogens (primary N) is 1. The van der Waals surface area contributed by atoms with Crippen molar-refractivity contribution in [3.05, 3.63) is 70.4 Å². The van der Waals surface area contributed by atoms with Crippen LogP contribution in [-0.4, -0.2) is 66.4 Å². The lowest BCUT2D eigenvalue weighted by molar-refractivity contribution is 0.103. The fourth-order valence-electron chi connectivity index (χ4n) is 4.25. The fourth-order valence-corrected chi connectivity index (χ4v) is 6.70. The van der Waals surface area contributed by atoms with Gasteiger partial charge in [0.25, 0.3) is 0 Å². The number of hydrogen-bond acceptors (Lipinski definition) is 9. The second-order valence-corrected chi connectivity index (χ2v) is 12.1. The molecule has 1 saturated heterocycles. The molecule has 1 fully saturated rings. The number of hydrogen-bond donors (Lipinski definition) is 3. The lowest BCUT2D eigenvalue weighted by atomic mass is 10.1. The van der Waals surface area contributed by atoms with E-state index in [9.17, 15) is 22.0 Å². The monoisotopic (exact) mass is 564 g/mol. The number of aromatic nitrogens is 2. The number of rotatable bonds is 12. The minimum atomic E-state index is -3.36. The van der Waals surface area contributed by atoms with Crippen LogP contribution in [0, 0.1) is 11.6 Å². The molecule has 1 aliphatic rings. The van der Waals surface area contributed by atoms with Crippen LogP contribution in [0.25, 0.3) is 0 Å². The van der Waals surface area contributed by atoms with Crippen LogP contribution in [0.15, 0.2) is 42.7 Å². The molecule has 2 aromatic heterocycles. The number of anilines is 2. The molecule has 0 spiro atoms. The van der Waals surface area contributed by atoms with E-state index < -0.39 is 33.0 Å². The Morgan fingerprint density at radius 3 is 2.47 bits per heavy atom. The normalized spacial score (nSPS) is 15.0. The first kappa shape index (κ1) is 28.0. The first-order valence-electron chi connectivity index (χ1n) is 12.3. The Balaban J connectivity index is 1.22. The number of ketones is 1. The van der Waals surface area contributed by atoms with Gasteiger partial charge in [0.15, 0.2) is 5.13 Å². The van der Waals surface area contributed by atoms with Gasteiger partial charge in [-0.1, -0.05) is 17.4 Å². The molecule has 0 aliphatic carbocycles. The molecule has 1 aliphatic heterocycles. The molecular formula is C25H30F2N6O3S2. The van der Waals surface area contributed by atoms with Crippen molar-refractivity contribution >= 4 is 38.1 Å². The maximum absolute atomic E-state index is 14.0. The summed E-state index contributed by atoms with van der Waals surface area (Å²) < 4.78 is 55.1. The number of nitrogens with one attached hydrogen (secondary N) is 2. The Morgan fingerprint density at radius 1 is 1.11 bits per heavy atom. The molecule has 1 aromatic carbocycles. The molecule has 4 N–H and O–H groups in total. The van der Waals surface area contributed by atoms with Crippen molar-refractivity contribution < 1.29 is 22.0 Å². The summed E-state index contributed by atoms with van der Waals surface area (Å²) in [6, 6.07) is 7.04. The number of pyridine rings is 1. The van der Waals surface area contributed by atoms with Gasteiger partial charge in [0, 0.05) is 31.5 Å². The number of sulfonamides is 1. The molecule has 0 amide bonds. The van der Waals surface area contributed by atoms with Crippen LogP contribution in [0.3, 0.4) is 0 Å². The number of carbonyl (C=O) groups is 1. The fraction of sp³-hybridized carbons (Fsp3) is 0.400. The topological polar surface area (TPSA) is 130 Å². The minimum Gasteiger partial charge on any atom is -0.382 e. The third kappa shape index (κ3) is 7.10. The Bertz CT molecular complexity index is 1330. The molecule has 0 radical (unpaired) electrons. The van der Waals surface area contributed by atoms with Crippen LogP contribution in [0.5, 0.6) is 0 Å². The molecule has 38 heavy (non-hydrogen) atoms. The van der Waals surface area contributed by atoms with Crippen LogP contribution in [0.4, 0.5) is 19.7 Å². The van der Waals surface area contributed by atoms with Gasteiger partial charge in [-0.3, -0.25) is 9.78 Å². The number of benzene rings is 1. The highest BCUT2D eigenvalue weighted by molar-refractivity contribution is 7.89. The Kier molecular flexibility index (Phi) is 9.36. The highest BCUT2D eigenvalue weighted by Crippen LogP contribution is 2.30. The number of thiazole rings is 1. The van der Waals surface area contributed by atoms with Gasteiger partial charge in [-0.25, -0.2) is 26.5 Å². The summed E-state index contributed by atoms with van der Waals surface area (Å²) in [5, 5.41) is 6.81. The number of piperidine rings is 1. The second kappa shape index (κ2) is 12.7. The zero-order valence-electron chi connectivity index (χ0n) is 20.7. The molecule has 0 saturated carbocycles. The van der Waals surface area contributed by atoms with Crippen molar-refractivity contribution in [1.82, 2.24) is 19.6 Å². The van der Waals surface area contributed by atoms with Crippen molar-refractivity contribution in [3.63, 3.8) is 0 Å².